The van der Waals surface area contributed by atoms with Crippen molar-refractivity contribution in [1.29, 1.82) is 0 Å². The highest BCUT2D eigenvalue weighted by Gasteiger charge is 2.19. The van der Waals surface area contributed by atoms with E-state index in [0.717, 1.165) is 6.54 Å². The molecule has 1 aliphatic rings. The maximum Gasteiger partial charge on any atom is 0.0897 e. The van der Waals surface area contributed by atoms with Crippen LogP contribution in [0.1, 0.15) is 72.1 Å². The van der Waals surface area contributed by atoms with Crippen molar-refractivity contribution in [2.45, 2.75) is 84.3 Å². The van der Waals surface area contributed by atoms with Crippen LogP contribution in [0.5, 0.6) is 0 Å². The monoisotopic (exact) mass is 285 g/mol. The summed E-state index contributed by atoms with van der Waals surface area (Å²) in [6, 6.07) is 0. The first-order valence-electron chi connectivity index (χ1n) is 8.54. The van der Waals surface area contributed by atoms with Gasteiger partial charge in [-0.15, -0.1) is 0 Å². The zero-order valence-corrected chi connectivity index (χ0v) is 13.8. The molecule has 20 heavy (non-hydrogen) atoms. The average Bonchev–Trinajstić information content (AvgIpc) is 2.89. The van der Waals surface area contributed by atoms with E-state index in [9.17, 15) is 5.11 Å². The third kappa shape index (κ3) is 8.23. The Labute approximate surface area is 125 Å². The van der Waals surface area contributed by atoms with Gasteiger partial charge in [-0.05, 0) is 24.7 Å². The minimum atomic E-state index is -0.373. The summed E-state index contributed by atoms with van der Waals surface area (Å²) in [5.41, 5.74) is 0.321. The van der Waals surface area contributed by atoms with Crippen LogP contribution in [0.15, 0.2) is 0 Å². The van der Waals surface area contributed by atoms with Crippen molar-refractivity contribution in [2.75, 3.05) is 19.7 Å². The van der Waals surface area contributed by atoms with Crippen LogP contribution in [0.4, 0.5) is 0 Å². The van der Waals surface area contributed by atoms with Crippen LogP contribution in [0, 0.1) is 5.41 Å². The van der Waals surface area contributed by atoms with Crippen LogP contribution < -0.4 is 5.32 Å². The number of ether oxygens (including phenoxy) is 1. The first-order chi connectivity index (χ1) is 9.53. The highest BCUT2D eigenvalue weighted by Crippen LogP contribution is 2.23. The van der Waals surface area contributed by atoms with Gasteiger partial charge in [0.1, 0.15) is 0 Å². The van der Waals surface area contributed by atoms with E-state index in [2.05, 4.69) is 26.1 Å². The van der Waals surface area contributed by atoms with Crippen LogP contribution >= 0.6 is 0 Å². The average molecular weight is 285 g/mol. The van der Waals surface area contributed by atoms with Gasteiger partial charge in [0.05, 0.1) is 18.8 Å². The van der Waals surface area contributed by atoms with Gasteiger partial charge in [-0.3, -0.25) is 0 Å². The molecular weight excluding hydrogens is 250 g/mol. The fourth-order valence-corrected chi connectivity index (χ4v) is 2.88. The van der Waals surface area contributed by atoms with Crippen LogP contribution in [0.3, 0.4) is 0 Å². The highest BCUT2D eigenvalue weighted by atomic mass is 16.5. The number of aliphatic hydroxyl groups is 1. The van der Waals surface area contributed by atoms with Gasteiger partial charge >= 0.3 is 0 Å². The van der Waals surface area contributed by atoms with Crippen LogP contribution in [-0.4, -0.2) is 37.0 Å². The fourth-order valence-electron chi connectivity index (χ4n) is 2.88. The Kier molecular flexibility index (Phi) is 8.74. The van der Waals surface area contributed by atoms with Gasteiger partial charge in [0.25, 0.3) is 0 Å². The third-order valence-corrected chi connectivity index (χ3v) is 4.27. The normalized spacial score (nSPS) is 18.6. The molecule has 3 nitrogen and oxygen atoms in total. The van der Waals surface area contributed by atoms with Crippen molar-refractivity contribution in [2.24, 2.45) is 5.41 Å². The Morgan fingerprint density at radius 2 is 1.95 bits per heavy atom. The van der Waals surface area contributed by atoms with Gasteiger partial charge in [-0.25, -0.2) is 0 Å². The second-order valence-corrected chi connectivity index (χ2v) is 7.15. The molecule has 0 amide bonds. The van der Waals surface area contributed by atoms with Gasteiger partial charge < -0.3 is 15.2 Å². The van der Waals surface area contributed by atoms with Gasteiger partial charge in [0, 0.05) is 13.1 Å². The summed E-state index contributed by atoms with van der Waals surface area (Å²) in [5, 5.41) is 13.3. The minimum Gasteiger partial charge on any atom is -0.389 e. The van der Waals surface area contributed by atoms with E-state index < -0.39 is 0 Å². The van der Waals surface area contributed by atoms with E-state index in [-0.39, 0.29) is 6.10 Å². The SMILES string of the molecule is CCCCCC(C)(C)CNCC(O)COC1CCCC1. The minimum absolute atomic E-state index is 0.321. The quantitative estimate of drug-likeness (QED) is 0.571. The van der Waals surface area contributed by atoms with Crippen LogP contribution in [-0.2, 0) is 4.74 Å². The molecule has 1 aliphatic carbocycles. The number of aliphatic hydroxyl groups excluding tert-OH is 1. The second-order valence-electron chi connectivity index (χ2n) is 7.15. The first kappa shape index (κ1) is 17.9. The number of unbranched alkanes of at least 4 members (excludes halogenated alkanes) is 2. The summed E-state index contributed by atoms with van der Waals surface area (Å²) in [4.78, 5) is 0. The molecule has 1 saturated carbocycles. The standard InChI is InChI=1S/C17H35NO2/c1-4-5-8-11-17(2,3)14-18-12-15(19)13-20-16-9-6-7-10-16/h15-16,18-19H,4-14H2,1-3H3. The van der Waals surface area contributed by atoms with Crippen molar-refractivity contribution in [3.05, 3.63) is 0 Å². The van der Waals surface area contributed by atoms with E-state index >= 15 is 0 Å². The second kappa shape index (κ2) is 9.75. The number of rotatable bonds is 11. The number of nitrogens with one attached hydrogen (secondary N) is 1. The zero-order valence-electron chi connectivity index (χ0n) is 13.8. The molecule has 120 valence electrons. The molecule has 0 aromatic heterocycles. The zero-order chi connectivity index (χ0) is 14.8. The highest BCUT2D eigenvalue weighted by molar-refractivity contribution is 4.73. The Bertz CT molecular complexity index is 237. The lowest BCUT2D eigenvalue weighted by molar-refractivity contribution is -0.00604. The van der Waals surface area contributed by atoms with Crippen molar-refractivity contribution in [3.63, 3.8) is 0 Å². The van der Waals surface area contributed by atoms with Crippen LogP contribution in [0.25, 0.3) is 0 Å². The smallest absolute Gasteiger partial charge is 0.0897 e. The fraction of sp³-hybridized carbons (Fsp3) is 1.00. The van der Waals surface area contributed by atoms with Crippen molar-refractivity contribution >= 4 is 0 Å². The number of hydrogen-bond donors (Lipinski definition) is 2. The van der Waals surface area contributed by atoms with E-state index in [1.807, 2.05) is 0 Å². The lowest BCUT2D eigenvalue weighted by Crippen LogP contribution is -2.37. The largest absolute Gasteiger partial charge is 0.389 e. The molecule has 1 rings (SSSR count). The van der Waals surface area contributed by atoms with E-state index in [1.165, 1.54) is 51.4 Å². The molecule has 0 saturated heterocycles. The lowest BCUT2D eigenvalue weighted by Gasteiger charge is -2.26. The third-order valence-electron chi connectivity index (χ3n) is 4.27. The van der Waals surface area contributed by atoms with Crippen molar-refractivity contribution in [1.82, 2.24) is 5.32 Å². The molecule has 1 unspecified atom stereocenters. The molecule has 1 fully saturated rings. The van der Waals surface area contributed by atoms with Gasteiger partial charge in [0.15, 0.2) is 0 Å². The Balaban J connectivity index is 2.03. The molecule has 0 aromatic rings. The van der Waals surface area contributed by atoms with Crippen LogP contribution in [0.2, 0.25) is 0 Å². The first-order valence-corrected chi connectivity index (χ1v) is 8.54. The summed E-state index contributed by atoms with van der Waals surface area (Å²) in [7, 11) is 0. The molecule has 0 spiro atoms. The molecule has 0 bridgehead atoms. The molecule has 0 heterocycles. The summed E-state index contributed by atoms with van der Waals surface area (Å²) < 4.78 is 5.74. The number of hydrogen-bond acceptors (Lipinski definition) is 3. The molecule has 2 N–H and O–H groups in total. The summed E-state index contributed by atoms with van der Waals surface area (Å²) in [5.74, 6) is 0. The summed E-state index contributed by atoms with van der Waals surface area (Å²) in [6.07, 6.45) is 10.1. The lowest BCUT2D eigenvalue weighted by atomic mass is 9.87. The van der Waals surface area contributed by atoms with Gasteiger partial charge in [-0.2, -0.15) is 0 Å². The molecule has 0 aromatic carbocycles. The Morgan fingerprint density at radius 3 is 2.60 bits per heavy atom. The molecule has 0 radical (unpaired) electrons. The Morgan fingerprint density at radius 1 is 1.25 bits per heavy atom. The molecule has 3 heteroatoms. The molecule has 0 aliphatic heterocycles. The Hall–Kier alpha value is -0.120. The topological polar surface area (TPSA) is 41.5 Å². The van der Waals surface area contributed by atoms with Crippen molar-refractivity contribution < 1.29 is 9.84 Å². The van der Waals surface area contributed by atoms with E-state index in [0.29, 0.717) is 24.7 Å². The maximum atomic E-state index is 9.93. The van der Waals surface area contributed by atoms with Crippen molar-refractivity contribution in [3.8, 4) is 0 Å². The predicted molar refractivity (Wildman–Crippen MR) is 85.0 cm³/mol. The molecule has 1 atom stereocenters. The van der Waals surface area contributed by atoms with Gasteiger partial charge in [0.2, 0.25) is 0 Å². The van der Waals surface area contributed by atoms with Gasteiger partial charge in [-0.1, -0.05) is 52.9 Å². The summed E-state index contributed by atoms with van der Waals surface area (Å²) >= 11 is 0. The van der Waals surface area contributed by atoms with E-state index in [1.54, 1.807) is 0 Å². The summed E-state index contributed by atoms with van der Waals surface area (Å²) in [6.45, 7) is 8.94. The van der Waals surface area contributed by atoms with E-state index in [4.69, 9.17) is 4.74 Å². The maximum absolute atomic E-state index is 9.93. The molecular formula is C17H35NO2. The predicted octanol–water partition coefficient (Wildman–Crippen LogP) is 3.50.